The van der Waals surface area contributed by atoms with Gasteiger partial charge in [0, 0.05) is 23.9 Å². The monoisotopic (exact) mass is 340 g/mol. The van der Waals surface area contributed by atoms with Gasteiger partial charge < -0.3 is 15.5 Å². The molecule has 132 valence electrons. The fourth-order valence-corrected chi connectivity index (χ4v) is 2.66. The minimum atomic E-state index is -0.116. The minimum Gasteiger partial charge on any atom is -0.326 e. The van der Waals surface area contributed by atoms with Crippen molar-refractivity contribution in [1.82, 2.24) is 0 Å². The smallest absolute Gasteiger partial charge is 0.279 e. The third-order valence-electron chi connectivity index (χ3n) is 4.10. The Bertz CT molecular complexity index is 726. The Balaban J connectivity index is 1.91. The predicted octanol–water partition coefficient (Wildman–Crippen LogP) is 2.00. The van der Waals surface area contributed by atoms with Crippen molar-refractivity contribution in [3.63, 3.8) is 0 Å². The van der Waals surface area contributed by atoms with Crippen LogP contribution in [-0.4, -0.2) is 24.9 Å². The lowest BCUT2D eigenvalue weighted by Gasteiger charge is -2.18. The van der Waals surface area contributed by atoms with Gasteiger partial charge in [-0.05, 0) is 43.7 Å². The van der Waals surface area contributed by atoms with E-state index >= 15 is 0 Å². The van der Waals surface area contributed by atoms with Gasteiger partial charge in [0.15, 0.2) is 6.54 Å². The van der Waals surface area contributed by atoms with Crippen LogP contribution in [0.15, 0.2) is 48.5 Å². The molecule has 2 rings (SSSR count). The number of benzene rings is 2. The molecule has 0 saturated carbocycles. The molecule has 1 atom stereocenters. The van der Waals surface area contributed by atoms with Crippen molar-refractivity contribution in [1.29, 1.82) is 0 Å². The van der Waals surface area contributed by atoms with E-state index in [4.69, 9.17) is 0 Å². The number of amides is 2. The Kier molecular flexibility index (Phi) is 6.71. The van der Waals surface area contributed by atoms with Crippen LogP contribution in [0.4, 0.5) is 11.4 Å². The minimum absolute atomic E-state index is 0.0160. The summed E-state index contributed by atoms with van der Waals surface area (Å²) in [6.45, 7) is 7.77. The van der Waals surface area contributed by atoms with Crippen molar-refractivity contribution in [3.05, 3.63) is 59.7 Å². The summed E-state index contributed by atoms with van der Waals surface area (Å²) < 4.78 is 0. The van der Waals surface area contributed by atoms with Crippen LogP contribution in [0.25, 0.3) is 0 Å². The normalized spacial score (nSPS) is 11.6. The summed E-state index contributed by atoms with van der Waals surface area (Å²) in [4.78, 5) is 24.5. The van der Waals surface area contributed by atoms with Gasteiger partial charge in [0.25, 0.3) is 5.91 Å². The van der Waals surface area contributed by atoms with Gasteiger partial charge in [-0.2, -0.15) is 0 Å². The lowest BCUT2D eigenvalue weighted by Crippen LogP contribution is -3.11. The maximum absolute atomic E-state index is 12.3. The van der Waals surface area contributed by atoms with Crippen molar-refractivity contribution >= 4 is 23.2 Å². The lowest BCUT2D eigenvalue weighted by molar-refractivity contribution is -0.903. The SMILES string of the molecule is CC[NH+](CC(=O)Nc1ccc(NC(C)=O)cc1)Cc1ccccc1C. The molecule has 0 fully saturated rings. The molecule has 0 spiro atoms. The first kappa shape index (κ1) is 18.7. The highest BCUT2D eigenvalue weighted by molar-refractivity contribution is 5.92. The van der Waals surface area contributed by atoms with Crippen LogP contribution in [0.3, 0.4) is 0 Å². The van der Waals surface area contributed by atoms with Crippen molar-refractivity contribution < 1.29 is 14.5 Å². The van der Waals surface area contributed by atoms with Crippen molar-refractivity contribution in [2.75, 3.05) is 23.7 Å². The molecule has 5 nitrogen and oxygen atoms in total. The number of nitrogens with one attached hydrogen (secondary N) is 3. The zero-order valence-corrected chi connectivity index (χ0v) is 15.1. The van der Waals surface area contributed by atoms with Crippen molar-refractivity contribution in [2.45, 2.75) is 27.3 Å². The van der Waals surface area contributed by atoms with Crippen LogP contribution in [0.5, 0.6) is 0 Å². The number of hydrogen-bond donors (Lipinski definition) is 3. The molecule has 0 radical (unpaired) electrons. The fourth-order valence-electron chi connectivity index (χ4n) is 2.66. The molecule has 0 aliphatic carbocycles. The molecule has 2 aromatic rings. The van der Waals surface area contributed by atoms with E-state index in [2.05, 4.69) is 36.6 Å². The molecule has 3 N–H and O–H groups in total. The molecule has 0 saturated heterocycles. The second kappa shape index (κ2) is 8.99. The van der Waals surface area contributed by atoms with Crippen LogP contribution in [0.2, 0.25) is 0 Å². The Morgan fingerprint density at radius 1 is 0.960 bits per heavy atom. The highest BCUT2D eigenvalue weighted by Gasteiger charge is 2.14. The van der Waals surface area contributed by atoms with Gasteiger partial charge in [-0.15, -0.1) is 0 Å². The average Bonchev–Trinajstić information content (AvgIpc) is 2.57. The van der Waals surface area contributed by atoms with Crippen molar-refractivity contribution in [3.8, 4) is 0 Å². The molecule has 0 aliphatic rings. The molecule has 0 aromatic heterocycles. The first-order valence-electron chi connectivity index (χ1n) is 8.53. The Morgan fingerprint density at radius 2 is 1.56 bits per heavy atom. The first-order valence-corrected chi connectivity index (χ1v) is 8.53. The topological polar surface area (TPSA) is 62.6 Å². The van der Waals surface area contributed by atoms with E-state index in [-0.39, 0.29) is 11.8 Å². The summed E-state index contributed by atoms with van der Waals surface area (Å²) in [5.74, 6) is -0.132. The van der Waals surface area contributed by atoms with Crippen LogP contribution in [0.1, 0.15) is 25.0 Å². The number of aryl methyl sites for hydroxylation is 1. The highest BCUT2D eigenvalue weighted by Crippen LogP contribution is 2.13. The summed E-state index contributed by atoms with van der Waals surface area (Å²) in [6.07, 6.45) is 0. The van der Waals surface area contributed by atoms with E-state index < -0.39 is 0 Å². The van der Waals surface area contributed by atoms with Crippen LogP contribution in [-0.2, 0) is 16.1 Å². The number of rotatable bonds is 7. The zero-order valence-electron chi connectivity index (χ0n) is 15.1. The summed E-state index contributed by atoms with van der Waals surface area (Å²) >= 11 is 0. The molecule has 0 bridgehead atoms. The van der Waals surface area contributed by atoms with Gasteiger partial charge >= 0.3 is 0 Å². The molecule has 2 amide bonds. The second-order valence-electron chi connectivity index (χ2n) is 6.19. The quantitative estimate of drug-likeness (QED) is 0.722. The standard InChI is InChI=1S/C20H25N3O2/c1-4-23(13-17-8-6-5-7-15(17)2)14-20(25)22-19-11-9-18(10-12-19)21-16(3)24/h5-12H,4,13-14H2,1-3H3,(H,21,24)(H,22,25)/p+1. The lowest BCUT2D eigenvalue weighted by atomic mass is 10.1. The van der Waals surface area contributed by atoms with E-state index in [1.807, 2.05) is 12.1 Å². The van der Waals surface area contributed by atoms with E-state index in [1.165, 1.54) is 23.0 Å². The summed E-state index contributed by atoms with van der Waals surface area (Å²) in [5, 5.41) is 5.62. The maximum atomic E-state index is 12.3. The molecule has 0 heterocycles. The predicted molar refractivity (Wildman–Crippen MR) is 101 cm³/mol. The number of carbonyl (C=O) groups is 2. The molecule has 2 aromatic carbocycles. The average molecular weight is 340 g/mol. The number of carbonyl (C=O) groups excluding carboxylic acids is 2. The molecule has 1 unspecified atom stereocenters. The zero-order chi connectivity index (χ0) is 18.2. The number of anilines is 2. The Morgan fingerprint density at radius 3 is 2.12 bits per heavy atom. The van der Waals surface area contributed by atoms with Gasteiger partial charge in [-0.25, -0.2) is 0 Å². The first-order chi connectivity index (χ1) is 12.0. The molecule has 5 heteroatoms. The second-order valence-corrected chi connectivity index (χ2v) is 6.19. The molecular formula is C20H26N3O2+. The van der Waals surface area contributed by atoms with Crippen molar-refractivity contribution in [2.24, 2.45) is 0 Å². The third kappa shape index (κ3) is 6.04. The molecule has 0 aliphatic heterocycles. The largest absolute Gasteiger partial charge is 0.326 e. The van der Waals surface area contributed by atoms with Gasteiger partial charge in [-0.1, -0.05) is 24.3 Å². The van der Waals surface area contributed by atoms with Crippen LogP contribution >= 0.6 is 0 Å². The fraction of sp³-hybridized carbons (Fsp3) is 0.300. The number of likely N-dealkylation sites (N-methyl/N-ethyl adjacent to an activating group) is 1. The summed E-state index contributed by atoms with van der Waals surface area (Å²) in [7, 11) is 0. The maximum Gasteiger partial charge on any atom is 0.279 e. The summed E-state index contributed by atoms with van der Waals surface area (Å²) in [6, 6.07) is 15.4. The number of quaternary nitrogens is 1. The van der Waals surface area contributed by atoms with E-state index in [0.29, 0.717) is 12.2 Å². The Hall–Kier alpha value is -2.66. The Labute approximate surface area is 149 Å². The van der Waals surface area contributed by atoms with E-state index in [0.717, 1.165) is 18.8 Å². The van der Waals surface area contributed by atoms with Gasteiger partial charge in [0.1, 0.15) is 6.54 Å². The van der Waals surface area contributed by atoms with Gasteiger partial charge in [0.05, 0.1) is 6.54 Å². The van der Waals surface area contributed by atoms with E-state index in [1.54, 1.807) is 24.3 Å². The highest BCUT2D eigenvalue weighted by atomic mass is 16.2. The molecular weight excluding hydrogens is 314 g/mol. The third-order valence-corrected chi connectivity index (χ3v) is 4.10. The van der Waals surface area contributed by atoms with Gasteiger partial charge in [-0.3, -0.25) is 9.59 Å². The van der Waals surface area contributed by atoms with Crippen LogP contribution in [0, 0.1) is 6.92 Å². The number of hydrogen-bond acceptors (Lipinski definition) is 2. The van der Waals surface area contributed by atoms with Crippen LogP contribution < -0.4 is 15.5 Å². The molecule has 25 heavy (non-hydrogen) atoms. The van der Waals surface area contributed by atoms with E-state index in [9.17, 15) is 9.59 Å². The van der Waals surface area contributed by atoms with Gasteiger partial charge in [0.2, 0.25) is 5.91 Å². The summed E-state index contributed by atoms with van der Waals surface area (Å²) in [5.41, 5.74) is 3.96.